The number of allylic oxidation sites excluding steroid dienone is 1. The van der Waals surface area contributed by atoms with Crippen LogP contribution in [0.4, 0.5) is 0 Å². The Morgan fingerprint density at radius 2 is 1.96 bits per heavy atom. The summed E-state index contributed by atoms with van der Waals surface area (Å²) in [5, 5.41) is 0. The number of piperazine rings is 1. The van der Waals surface area contributed by atoms with Gasteiger partial charge in [0.1, 0.15) is 0 Å². The predicted octanol–water partition coefficient (Wildman–Crippen LogP) is 2.92. The van der Waals surface area contributed by atoms with Crippen molar-refractivity contribution in [3.63, 3.8) is 0 Å². The molecule has 0 N–H and O–H groups in total. The second kappa shape index (κ2) is 9.00. The van der Waals surface area contributed by atoms with E-state index in [0.717, 1.165) is 39.3 Å². The van der Waals surface area contributed by atoms with E-state index in [2.05, 4.69) is 46.8 Å². The first-order chi connectivity index (χ1) is 12.1. The topological polar surface area (TPSA) is 26.8 Å². The lowest BCUT2D eigenvalue weighted by Gasteiger charge is -2.38. The van der Waals surface area contributed by atoms with E-state index in [9.17, 15) is 4.79 Å². The molecule has 0 aromatic heterocycles. The average Bonchev–Trinajstić information content (AvgIpc) is 2.63. The first-order valence-corrected chi connectivity index (χ1v) is 10.2. The third kappa shape index (κ3) is 5.42. The van der Waals surface area contributed by atoms with Crippen molar-refractivity contribution >= 4 is 5.91 Å². The van der Waals surface area contributed by atoms with Crippen molar-refractivity contribution in [3.05, 3.63) is 23.8 Å². The molecule has 2 heterocycles. The predicted molar refractivity (Wildman–Crippen MR) is 104 cm³/mol. The smallest absolute Gasteiger partial charge is 0.222 e. The molecule has 4 nitrogen and oxygen atoms in total. The first-order valence-electron chi connectivity index (χ1n) is 10.2. The zero-order chi connectivity index (χ0) is 17.6. The van der Waals surface area contributed by atoms with Crippen LogP contribution in [0.25, 0.3) is 0 Å². The average molecular weight is 346 g/mol. The Balaban J connectivity index is 1.44. The molecule has 1 aliphatic carbocycles. The number of carbonyl (C=O) groups is 1. The van der Waals surface area contributed by atoms with E-state index < -0.39 is 0 Å². The molecular weight excluding hydrogens is 310 g/mol. The van der Waals surface area contributed by atoms with Crippen LogP contribution in [0.5, 0.6) is 0 Å². The minimum absolute atomic E-state index is 0.335. The zero-order valence-electron chi connectivity index (χ0n) is 16.1. The van der Waals surface area contributed by atoms with Gasteiger partial charge >= 0.3 is 0 Å². The number of nitrogens with zero attached hydrogens (tertiary/aromatic N) is 3. The van der Waals surface area contributed by atoms with E-state index in [1.165, 1.54) is 32.2 Å². The van der Waals surface area contributed by atoms with E-state index in [-0.39, 0.29) is 0 Å². The van der Waals surface area contributed by atoms with Crippen molar-refractivity contribution in [1.29, 1.82) is 0 Å². The highest BCUT2D eigenvalue weighted by atomic mass is 16.2. The minimum atomic E-state index is 0.335. The van der Waals surface area contributed by atoms with E-state index in [1.807, 2.05) is 0 Å². The first kappa shape index (κ1) is 18.7. The number of hydrogen-bond donors (Lipinski definition) is 0. The van der Waals surface area contributed by atoms with Gasteiger partial charge in [-0.15, -0.1) is 0 Å². The Bertz CT molecular complexity index is 503. The Labute approximate surface area is 153 Å². The Morgan fingerprint density at radius 3 is 2.64 bits per heavy atom. The Hall–Kier alpha value is -1.13. The molecule has 0 radical (unpaired) electrons. The molecule has 1 fully saturated rings. The standard InChI is InChI=1S/C21H35N3O/c1-18(2)15-21(25)23-13-11-22(12-14-23)16-19-7-6-10-24(17-19)20-8-4-3-5-9-20/h4,7-8,18,20H,3,5-6,9-17H2,1-2H3. The van der Waals surface area contributed by atoms with E-state index in [1.54, 1.807) is 5.57 Å². The number of carbonyl (C=O) groups excluding carboxylic acids is 1. The maximum absolute atomic E-state index is 12.2. The van der Waals surface area contributed by atoms with Gasteiger partial charge in [-0.05, 0) is 37.2 Å². The number of amides is 1. The molecule has 0 saturated carbocycles. The minimum Gasteiger partial charge on any atom is -0.340 e. The Morgan fingerprint density at radius 1 is 1.16 bits per heavy atom. The van der Waals surface area contributed by atoms with Crippen molar-refractivity contribution in [2.75, 3.05) is 45.8 Å². The van der Waals surface area contributed by atoms with E-state index >= 15 is 0 Å². The maximum atomic E-state index is 12.2. The van der Waals surface area contributed by atoms with Crippen LogP contribution in [0.3, 0.4) is 0 Å². The summed E-state index contributed by atoms with van der Waals surface area (Å²) in [5.41, 5.74) is 1.58. The maximum Gasteiger partial charge on any atom is 0.222 e. The molecule has 2 aliphatic heterocycles. The lowest BCUT2D eigenvalue weighted by molar-refractivity contribution is -0.133. The lowest BCUT2D eigenvalue weighted by Crippen LogP contribution is -2.50. The van der Waals surface area contributed by atoms with Gasteiger partial charge in [-0.3, -0.25) is 14.6 Å². The molecular formula is C21H35N3O. The highest BCUT2D eigenvalue weighted by molar-refractivity contribution is 5.76. The van der Waals surface area contributed by atoms with Crippen LogP contribution in [0.15, 0.2) is 23.8 Å². The largest absolute Gasteiger partial charge is 0.340 e. The van der Waals surface area contributed by atoms with Gasteiger partial charge in [0.05, 0.1) is 0 Å². The second-order valence-electron chi connectivity index (χ2n) is 8.30. The quantitative estimate of drug-likeness (QED) is 0.717. The van der Waals surface area contributed by atoms with Crippen LogP contribution in [-0.2, 0) is 4.79 Å². The zero-order valence-corrected chi connectivity index (χ0v) is 16.1. The summed E-state index contributed by atoms with van der Waals surface area (Å²) in [7, 11) is 0. The number of hydrogen-bond acceptors (Lipinski definition) is 3. The molecule has 0 spiro atoms. The summed E-state index contributed by atoms with van der Waals surface area (Å²) >= 11 is 0. The fourth-order valence-corrected chi connectivity index (χ4v) is 4.26. The van der Waals surface area contributed by atoms with Crippen molar-refractivity contribution in [2.24, 2.45) is 5.92 Å². The van der Waals surface area contributed by atoms with Gasteiger partial charge in [0, 0.05) is 58.3 Å². The fraction of sp³-hybridized carbons (Fsp3) is 0.762. The van der Waals surface area contributed by atoms with Gasteiger partial charge in [0.2, 0.25) is 5.91 Å². The van der Waals surface area contributed by atoms with Crippen molar-refractivity contribution in [2.45, 2.75) is 52.0 Å². The van der Waals surface area contributed by atoms with Gasteiger partial charge in [-0.25, -0.2) is 0 Å². The normalized spacial score (nSPS) is 26.1. The van der Waals surface area contributed by atoms with Crippen LogP contribution in [0.2, 0.25) is 0 Å². The fourth-order valence-electron chi connectivity index (χ4n) is 4.26. The van der Waals surface area contributed by atoms with E-state index in [4.69, 9.17) is 0 Å². The highest BCUT2D eigenvalue weighted by Crippen LogP contribution is 2.21. The van der Waals surface area contributed by atoms with Gasteiger partial charge in [0.15, 0.2) is 0 Å². The molecule has 25 heavy (non-hydrogen) atoms. The molecule has 1 saturated heterocycles. The summed E-state index contributed by atoms with van der Waals surface area (Å²) in [6.07, 6.45) is 13.0. The Kier molecular flexibility index (Phi) is 6.71. The molecule has 1 atom stereocenters. The molecule has 0 aromatic rings. The van der Waals surface area contributed by atoms with Crippen LogP contribution in [0, 0.1) is 5.92 Å². The van der Waals surface area contributed by atoms with Crippen LogP contribution in [-0.4, -0.2) is 72.5 Å². The van der Waals surface area contributed by atoms with Crippen LogP contribution < -0.4 is 0 Å². The summed E-state index contributed by atoms with van der Waals surface area (Å²) in [5.74, 6) is 0.791. The molecule has 1 amide bonds. The lowest BCUT2D eigenvalue weighted by atomic mass is 9.98. The summed E-state index contributed by atoms with van der Waals surface area (Å²) < 4.78 is 0. The molecule has 3 aliphatic rings. The van der Waals surface area contributed by atoms with Gasteiger partial charge in [-0.2, -0.15) is 0 Å². The summed E-state index contributed by atoms with van der Waals surface area (Å²) in [6, 6.07) is 0.656. The highest BCUT2D eigenvalue weighted by Gasteiger charge is 2.25. The van der Waals surface area contributed by atoms with Crippen molar-refractivity contribution in [1.82, 2.24) is 14.7 Å². The summed E-state index contributed by atoms with van der Waals surface area (Å²) in [6.45, 7) is 11.5. The van der Waals surface area contributed by atoms with Crippen LogP contribution >= 0.6 is 0 Å². The molecule has 140 valence electrons. The van der Waals surface area contributed by atoms with Crippen LogP contribution in [0.1, 0.15) is 46.0 Å². The van der Waals surface area contributed by atoms with Gasteiger partial charge < -0.3 is 4.90 Å². The van der Waals surface area contributed by atoms with Crippen molar-refractivity contribution in [3.8, 4) is 0 Å². The molecule has 1 unspecified atom stereocenters. The SMILES string of the molecule is CC(C)CC(=O)N1CCN(CC2=CCCN(C3C=CCCC3)C2)CC1. The summed E-state index contributed by atoms with van der Waals surface area (Å²) in [4.78, 5) is 19.5. The third-order valence-electron chi connectivity index (χ3n) is 5.69. The second-order valence-corrected chi connectivity index (χ2v) is 8.30. The molecule has 4 heteroatoms. The molecule has 0 bridgehead atoms. The monoisotopic (exact) mass is 345 g/mol. The van der Waals surface area contributed by atoms with Gasteiger partial charge in [0.25, 0.3) is 0 Å². The third-order valence-corrected chi connectivity index (χ3v) is 5.69. The van der Waals surface area contributed by atoms with Crippen molar-refractivity contribution < 1.29 is 4.79 Å². The van der Waals surface area contributed by atoms with E-state index in [0.29, 0.717) is 24.3 Å². The number of rotatable bonds is 5. The van der Waals surface area contributed by atoms with Gasteiger partial charge in [-0.1, -0.05) is 32.1 Å². The molecule has 3 rings (SSSR count). The molecule has 0 aromatic carbocycles.